The van der Waals surface area contributed by atoms with Gasteiger partial charge in [0.05, 0.1) is 6.10 Å². The lowest BCUT2D eigenvalue weighted by atomic mass is 9.82. The van der Waals surface area contributed by atoms with E-state index in [1.54, 1.807) is 6.92 Å². The standard InChI is InChI=1S/C9H19NO/c1-7(11)9(10)8-5-3-2-4-6-8/h7-9,11H,2-6,10H2,1H3. The molecule has 1 saturated carbocycles. The molecule has 0 aromatic carbocycles. The molecule has 11 heavy (non-hydrogen) atoms. The average molecular weight is 157 g/mol. The van der Waals surface area contributed by atoms with Gasteiger partial charge in [0.1, 0.15) is 0 Å². The van der Waals surface area contributed by atoms with Gasteiger partial charge in [0, 0.05) is 6.04 Å². The first-order valence-corrected chi connectivity index (χ1v) is 4.65. The first-order chi connectivity index (χ1) is 5.22. The van der Waals surface area contributed by atoms with Crippen molar-refractivity contribution in [3.63, 3.8) is 0 Å². The molecule has 0 amide bonds. The lowest BCUT2D eigenvalue weighted by molar-refractivity contribution is 0.119. The first kappa shape index (κ1) is 9.01. The third kappa shape index (κ3) is 2.46. The van der Waals surface area contributed by atoms with Gasteiger partial charge in [0.25, 0.3) is 0 Å². The van der Waals surface area contributed by atoms with Crippen molar-refractivity contribution in [2.45, 2.75) is 51.2 Å². The van der Waals surface area contributed by atoms with E-state index in [9.17, 15) is 5.11 Å². The van der Waals surface area contributed by atoms with Crippen LogP contribution in [0, 0.1) is 5.92 Å². The summed E-state index contributed by atoms with van der Waals surface area (Å²) in [5, 5.41) is 9.25. The van der Waals surface area contributed by atoms with Crippen molar-refractivity contribution in [1.29, 1.82) is 0 Å². The lowest BCUT2D eigenvalue weighted by Crippen LogP contribution is -2.40. The van der Waals surface area contributed by atoms with Crippen molar-refractivity contribution in [1.82, 2.24) is 0 Å². The Kier molecular flexibility index (Phi) is 3.34. The van der Waals surface area contributed by atoms with Crippen LogP contribution in [0.3, 0.4) is 0 Å². The molecule has 0 aromatic rings. The molecule has 0 heterocycles. The molecule has 1 aliphatic rings. The maximum Gasteiger partial charge on any atom is 0.0665 e. The van der Waals surface area contributed by atoms with Gasteiger partial charge in [-0.2, -0.15) is 0 Å². The van der Waals surface area contributed by atoms with Crippen LogP contribution < -0.4 is 5.73 Å². The molecule has 1 fully saturated rings. The second-order valence-electron chi connectivity index (χ2n) is 3.72. The molecule has 3 N–H and O–H groups in total. The van der Waals surface area contributed by atoms with Gasteiger partial charge in [-0.3, -0.25) is 0 Å². The van der Waals surface area contributed by atoms with Crippen molar-refractivity contribution in [3.8, 4) is 0 Å². The molecule has 2 unspecified atom stereocenters. The van der Waals surface area contributed by atoms with Crippen LogP contribution in [0.4, 0.5) is 0 Å². The molecule has 1 aliphatic carbocycles. The smallest absolute Gasteiger partial charge is 0.0665 e. The van der Waals surface area contributed by atoms with E-state index in [2.05, 4.69) is 0 Å². The Hall–Kier alpha value is -0.0800. The normalized spacial score (nSPS) is 26.5. The number of hydrogen-bond acceptors (Lipinski definition) is 2. The topological polar surface area (TPSA) is 46.2 Å². The molecule has 2 nitrogen and oxygen atoms in total. The maximum atomic E-state index is 9.25. The van der Waals surface area contributed by atoms with E-state index in [-0.39, 0.29) is 12.1 Å². The highest BCUT2D eigenvalue weighted by Crippen LogP contribution is 2.26. The molecule has 0 aliphatic heterocycles. The fourth-order valence-electron chi connectivity index (χ4n) is 1.91. The quantitative estimate of drug-likeness (QED) is 0.634. The summed E-state index contributed by atoms with van der Waals surface area (Å²) < 4.78 is 0. The van der Waals surface area contributed by atoms with Crippen molar-refractivity contribution >= 4 is 0 Å². The Balaban J connectivity index is 2.32. The van der Waals surface area contributed by atoms with Gasteiger partial charge >= 0.3 is 0 Å². The molecule has 0 saturated heterocycles. The number of rotatable bonds is 2. The Morgan fingerprint density at radius 2 is 1.82 bits per heavy atom. The van der Waals surface area contributed by atoms with E-state index >= 15 is 0 Å². The van der Waals surface area contributed by atoms with Gasteiger partial charge in [0.15, 0.2) is 0 Å². The highest BCUT2D eigenvalue weighted by atomic mass is 16.3. The second kappa shape index (κ2) is 4.07. The molecular weight excluding hydrogens is 138 g/mol. The third-order valence-corrected chi connectivity index (χ3v) is 2.75. The largest absolute Gasteiger partial charge is 0.392 e. The highest BCUT2D eigenvalue weighted by molar-refractivity contribution is 4.79. The zero-order valence-electron chi connectivity index (χ0n) is 7.29. The van der Waals surface area contributed by atoms with E-state index in [1.165, 1.54) is 32.1 Å². The van der Waals surface area contributed by atoms with Crippen molar-refractivity contribution < 1.29 is 5.11 Å². The summed E-state index contributed by atoms with van der Waals surface area (Å²) in [6.07, 6.45) is 6.04. The highest BCUT2D eigenvalue weighted by Gasteiger charge is 2.23. The summed E-state index contributed by atoms with van der Waals surface area (Å²) in [7, 11) is 0. The van der Waals surface area contributed by atoms with Gasteiger partial charge < -0.3 is 10.8 Å². The zero-order valence-corrected chi connectivity index (χ0v) is 7.29. The molecule has 0 bridgehead atoms. The molecule has 0 aromatic heterocycles. The number of hydrogen-bond donors (Lipinski definition) is 2. The summed E-state index contributed by atoms with van der Waals surface area (Å²) in [5.41, 5.74) is 5.84. The fraction of sp³-hybridized carbons (Fsp3) is 1.00. The zero-order chi connectivity index (χ0) is 8.27. The molecule has 2 heteroatoms. The molecular formula is C9H19NO. The Morgan fingerprint density at radius 3 is 2.27 bits per heavy atom. The third-order valence-electron chi connectivity index (χ3n) is 2.75. The van der Waals surface area contributed by atoms with Gasteiger partial charge in [-0.1, -0.05) is 19.3 Å². The Morgan fingerprint density at radius 1 is 1.27 bits per heavy atom. The first-order valence-electron chi connectivity index (χ1n) is 4.65. The van der Waals surface area contributed by atoms with Gasteiger partial charge in [-0.15, -0.1) is 0 Å². The minimum Gasteiger partial charge on any atom is -0.392 e. The van der Waals surface area contributed by atoms with Crippen LogP contribution >= 0.6 is 0 Å². The summed E-state index contributed by atoms with van der Waals surface area (Å²) >= 11 is 0. The number of aliphatic hydroxyl groups excluding tert-OH is 1. The van der Waals surface area contributed by atoms with E-state index in [0.29, 0.717) is 5.92 Å². The van der Waals surface area contributed by atoms with Crippen LogP contribution in [-0.2, 0) is 0 Å². The van der Waals surface area contributed by atoms with Crippen LogP contribution in [0.2, 0.25) is 0 Å². The molecule has 0 radical (unpaired) electrons. The van der Waals surface area contributed by atoms with Crippen molar-refractivity contribution in [2.24, 2.45) is 11.7 Å². The Bertz CT molecular complexity index is 108. The lowest BCUT2D eigenvalue weighted by Gasteiger charge is -2.29. The van der Waals surface area contributed by atoms with Crippen molar-refractivity contribution in [2.75, 3.05) is 0 Å². The molecule has 66 valence electrons. The predicted molar refractivity (Wildman–Crippen MR) is 46.2 cm³/mol. The second-order valence-corrected chi connectivity index (χ2v) is 3.72. The molecule has 1 rings (SSSR count). The van der Waals surface area contributed by atoms with Crippen LogP contribution in [0.1, 0.15) is 39.0 Å². The summed E-state index contributed by atoms with van der Waals surface area (Å²) in [5.74, 6) is 0.573. The van der Waals surface area contributed by atoms with Gasteiger partial charge in [0.2, 0.25) is 0 Å². The Labute approximate surface area is 68.8 Å². The van der Waals surface area contributed by atoms with Crippen LogP contribution in [0.5, 0.6) is 0 Å². The summed E-state index contributed by atoms with van der Waals surface area (Å²) in [6, 6.07) is 0.00954. The van der Waals surface area contributed by atoms with Gasteiger partial charge in [-0.05, 0) is 25.7 Å². The number of nitrogens with two attached hydrogens (primary N) is 1. The fourth-order valence-corrected chi connectivity index (χ4v) is 1.91. The van der Waals surface area contributed by atoms with Crippen LogP contribution in [0.25, 0.3) is 0 Å². The minimum atomic E-state index is -0.335. The number of aliphatic hydroxyl groups is 1. The summed E-state index contributed by atoms with van der Waals surface area (Å²) in [4.78, 5) is 0. The molecule has 2 atom stereocenters. The van der Waals surface area contributed by atoms with Crippen LogP contribution in [0.15, 0.2) is 0 Å². The SMILES string of the molecule is CC(O)C(N)C1CCCCC1. The van der Waals surface area contributed by atoms with E-state index in [1.807, 2.05) is 0 Å². The molecule has 0 spiro atoms. The van der Waals surface area contributed by atoms with E-state index in [4.69, 9.17) is 5.73 Å². The van der Waals surface area contributed by atoms with E-state index < -0.39 is 0 Å². The maximum absolute atomic E-state index is 9.25. The van der Waals surface area contributed by atoms with E-state index in [0.717, 1.165) is 0 Å². The van der Waals surface area contributed by atoms with Crippen molar-refractivity contribution in [3.05, 3.63) is 0 Å². The summed E-state index contributed by atoms with van der Waals surface area (Å²) in [6.45, 7) is 1.79. The van der Waals surface area contributed by atoms with Gasteiger partial charge in [-0.25, -0.2) is 0 Å². The minimum absolute atomic E-state index is 0.00954. The average Bonchev–Trinajstić information content (AvgIpc) is 2.05. The monoisotopic (exact) mass is 157 g/mol. The predicted octanol–water partition coefficient (Wildman–Crippen LogP) is 1.27. The van der Waals surface area contributed by atoms with Crippen LogP contribution in [-0.4, -0.2) is 17.3 Å².